The lowest BCUT2D eigenvalue weighted by Crippen LogP contribution is -2.02. The molecule has 88 valence electrons. The van der Waals surface area contributed by atoms with Crippen LogP contribution in [0.3, 0.4) is 0 Å². The molecule has 0 saturated carbocycles. The Bertz CT molecular complexity index is 363. The summed E-state index contributed by atoms with van der Waals surface area (Å²) in [4.78, 5) is 1.50. The maximum absolute atomic E-state index is 13.1. The van der Waals surface area contributed by atoms with Gasteiger partial charge in [-0.2, -0.15) is 0 Å². The van der Waals surface area contributed by atoms with Crippen LogP contribution in [0.1, 0.15) is 5.56 Å². The summed E-state index contributed by atoms with van der Waals surface area (Å²) in [6.45, 7) is 4.45. The van der Waals surface area contributed by atoms with E-state index in [2.05, 4.69) is 13.1 Å². The van der Waals surface area contributed by atoms with Gasteiger partial charge in [0.15, 0.2) is 0 Å². The third-order valence-corrected chi connectivity index (χ3v) is 3.45. The first-order valence-corrected chi connectivity index (χ1v) is 8.06. The Hall–Kier alpha value is -1.39. The lowest BCUT2D eigenvalue weighted by Gasteiger charge is -2.04. The summed E-state index contributed by atoms with van der Waals surface area (Å²) in [5.41, 5.74) is 14.1. The average Bonchev–Trinajstić information content (AvgIpc) is 2.17. The molecule has 6 heteroatoms. The Labute approximate surface area is 95.1 Å². The van der Waals surface area contributed by atoms with Crippen LogP contribution in [0.25, 0.3) is 16.0 Å². The van der Waals surface area contributed by atoms with Gasteiger partial charge in [-0.25, -0.2) is 8.78 Å². The monoisotopic (exact) mass is 242 g/mol. The maximum atomic E-state index is 13.1. The van der Waals surface area contributed by atoms with Crippen molar-refractivity contribution in [3.8, 4) is 0 Å². The molecule has 0 atom stereocenters. The van der Waals surface area contributed by atoms with E-state index in [-0.39, 0.29) is 0 Å². The molecule has 0 fully saturated rings. The Kier molecular flexibility index (Phi) is 7.16. The van der Waals surface area contributed by atoms with E-state index < -0.39 is 20.4 Å². The van der Waals surface area contributed by atoms with E-state index in [1.54, 1.807) is 6.07 Å². The van der Waals surface area contributed by atoms with Crippen molar-refractivity contribution in [2.45, 2.75) is 25.6 Å². The van der Waals surface area contributed by atoms with Gasteiger partial charge in [-0.05, 0) is 18.1 Å². The Morgan fingerprint density at radius 2 is 1.81 bits per heavy atom. The van der Waals surface area contributed by atoms with Gasteiger partial charge in [-0.15, -0.1) is 0 Å². The molecule has 1 aromatic rings. The summed E-state index contributed by atoms with van der Waals surface area (Å²) in [5, 5.41) is 0. The summed E-state index contributed by atoms with van der Waals surface area (Å²) >= 11 is 0. The predicted molar refractivity (Wildman–Crippen MR) is 63.8 cm³/mol. The lowest BCUT2D eigenvalue weighted by molar-refractivity contribution is 0.573. The van der Waals surface area contributed by atoms with Gasteiger partial charge in [0.05, 0.1) is 0 Å². The second-order valence-corrected chi connectivity index (χ2v) is 7.12. The molecule has 0 spiro atoms. The smallest absolute Gasteiger partial charge is 0.129 e. The minimum Gasteiger partial charge on any atom is -0.373 e. The fourth-order valence-corrected chi connectivity index (χ4v) is 2.06. The van der Waals surface area contributed by atoms with Gasteiger partial charge >= 0.3 is 0 Å². The van der Waals surface area contributed by atoms with E-state index in [1.807, 2.05) is 0 Å². The molecule has 0 aromatic heterocycles. The highest BCUT2D eigenvalue weighted by Gasteiger charge is 2.04. The van der Waals surface area contributed by atoms with Crippen molar-refractivity contribution in [1.29, 1.82) is 0 Å². The normalized spacial score (nSPS) is 9.31. The zero-order valence-electron chi connectivity index (χ0n) is 9.32. The van der Waals surface area contributed by atoms with Crippen LogP contribution in [0.5, 0.6) is 0 Å². The molecule has 0 N–H and O–H groups in total. The van der Waals surface area contributed by atoms with Gasteiger partial charge < -0.3 is 11.1 Å². The zero-order valence-corrected chi connectivity index (χ0v) is 10.5. The predicted octanol–water partition coefficient (Wildman–Crippen LogP) is 3.86. The third kappa shape index (κ3) is 6.16. The number of aryl methyl sites for hydroxylation is 1. The fourth-order valence-electron chi connectivity index (χ4n) is 1.17. The van der Waals surface area contributed by atoms with Crippen molar-refractivity contribution < 1.29 is 8.78 Å². The van der Waals surface area contributed by atoms with Gasteiger partial charge in [0.25, 0.3) is 0 Å². The lowest BCUT2D eigenvalue weighted by atomic mass is 10.1. The molecule has 0 aliphatic rings. The highest BCUT2D eigenvalue weighted by Crippen LogP contribution is 2.12. The zero-order chi connectivity index (χ0) is 12.6. The maximum Gasteiger partial charge on any atom is 0.129 e. The first-order valence-electron chi connectivity index (χ1n) is 4.93. The number of hydrogen-bond donors (Lipinski definition) is 0. The molecule has 16 heavy (non-hydrogen) atoms. The van der Waals surface area contributed by atoms with E-state index in [4.69, 9.17) is 11.1 Å². The Balaban J connectivity index is 0.000000673. The van der Waals surface area contributed by atoms with Crippen LogP contribution in [-0.2, 0) is 6.42 Å². The number of hydrogen-bond acceptors (Lipinski definition) is 0. The van der Waals surface area contributed by atoms with Crippen LogP contribution < -0.4 is 0 Å². The molecular weight excluding hydrogens is 228 g/mol. The molecular formula is C10H14F2N3Si-. The molecule has 0 unspecified atom stereocenters. The van der Waals surface area contributed by atoms with Gasteiger partial charge in [0, 0.05) is 14.9 Å². The van der Waals surface area contributed by atoms with Gasteiger partial charge in [0.2, 0.25) is 0 Å². The fraction of sp³-hybridized carbons (Fsp3) is 0.400. The molecule has 0 aliphatic heterocycles. The van der Waals surface area contributed by atoms with Crippen molar-refractivity contribution in [2.24, 2.45) is 0 Å². The average molecular weight is 242 g/mol. The van der Waals surface area contributed by atoms with Crippen molar-refractivity contribution in [3.63, 3.8) is 0 Å². The van der Waals surface area contributed by atoms with Crippen molar-refractivity contribution in [2.75, 3.05) is 0 Å². The van der Waals surface area contributed by atoms with E-state index >= 15 is 0 Å². The second kappa shape index (κ2) is 7.84. The summed E-state index contributed by atoms with van der Waals surface area (Å²) in [6, 6.07) is 4.89. The number of benzene rings is 1. The molecule has 3 nitrogen and oxygen atoms in total. The molecule has 0 heterocycles. The summed E-state index contributed by atoms with van der Waals surface area (Å²) < 4.78 is 25.6. The van der Waals surface area contributed by atoms with Crippen LogP contribution in [0, 0.1) is 11.6 Å². The summed E-state index contributed by atoms with van der Waals surface area (Å²) in [6.07, 6.45) is 0.746. The third-order valence-electron chi connectivity index (χ3n) is 2.01. The van der Waals surface area contributed by atoms with Gasteiger partial charge in [-0.1, -0.05) is 25.2 Å². The highest BCUT2D eigenvalue weighted by atomic mass is 28.3. The minimum atomic E-state index is -0.634. The largest absolute Gasteiger partial charge is 0.373 e. The van der Waals surface area contributed by atoms with E-state index in [0.29, 0.717) is 5.56 Å². The quantitative estimate of drug-likeness (QED) is 0.334. The van der Waals surface area contributed by atoms with Gasteiger partial charge in [-0.3, -0.25) is 4.91 Å². The molecule has 0 bridgehead atoms. The molecule has 1 aromatic carbocycles. The van der Waals surface area contributed by atoms with E-state index in [1.165, 1.54) is 11.0 Å². The van der Waals surface area contributed by atoms with Crippen molar-refractivity contribution in [1.82, 2.24) is 0 Å². The van der Waals surface area contributed by atoms with Crippen LogP contribution in [0.4, 0.5) is 8.78 Å². The van der Waals surface area contributed by atoms with Crippen LogP contribution in [0.15, 0.2) is 18.2 Å². The van der Waals surface area contributed by atoms with Crippen LogP contribution in [-0.4, -0.2) is 8.80 Å². The molecule has 0 amide bonds. The van der Waals surface area contributed by atoms with Crippen LogP contribution >= 0.6 is 0 Å². The first-order chi connectivity index (χ1) is 7.51. The first kappa shape index (κ1) is 14.6. The SMILES string of the molecule is C[SiH](C)CCc1ccc(F)cc1F.[N-]=[N+]=[N-]. The number of halogens is 2. The van der Waals surface area contributed by atoms with E-state index in [0.717, 1.165) is 18.5 Å². The highest BCUT2D eigenvalue weighted by molar-refractivity contribution is 6.55. The standard InChI is InChI=1S/C10H14F2Si.N3/c1-13(2)6-5-8-3-4-9(11)7-10(8)12;1-3-2/h3-4,7,13H,5-6H2,1-2H3;/q;-1. The molecule has 0 radical (unpaired) electrons. The number of nitrogens with zero attached hydrogens (tertiary/aromatic N) is 3. The Morgan fingerprint density at radius 3 is 2.25 bits per heavy atom. The topological polar surface area (TPSA) is 58.7 Å². The summed E-state index contributed by atoms with van der Waals surface area (Å²) in [7, 11) is -0.634. The Morgan fingerprint density at radius 1 is 1.25 bits per heavy atom. The summed E-state index contributed by atoms with van der Waals surface area (Å²) in [5.74, 6) is -0.905. The van der Waals surface area contributed by atoms with E-state index in [9.17, 15) is 8.78 Å². The second-order valence-electron chi connectivity index (χ2n) is 3.76. The van der Waals surface area contributed by atoms with Crippen molar-refractivity contribution in [3.05, 3.63) is 51.4 Å². The van der Waals surface area contributed by atoms with Crippen molar-refractivity contribution >= 4 is 8.80 Å². The molecule has 1 rings (SSSR count). The molecule has 0 aliphatic carbocycles. The van der Waals surface area contributed by atoms with Gasteiger partial charge in [0.1, 0.15) is 11.6 Å². The molecule has 0 saturated heterocycles. The number of rotatable bonds is 3. The van der Waals surface area contributed by atoms with Crippen LogP contribution in [0.2, 0.25) is 19.1 Å². The minimum absolute atomic E-state index is 0.408.